The van der Waals surface area contributed by atoms with E-state index in [0.29, 0.717) is 0 Å². The lowest BCUT2D eigenvalue weighted by atomic mass is 10.2. The number of alkyl halides is 1. The van der Waals surface area contributed by atoms with Gasteiger partial charge in [0.05, 0.1) is 0 Å². The molecule has 0 fully saturated rings. The molecule has 0 N–H and O–H groups in total. The van der Waals surface area contributed by atoms with Crippen LogP contribution in [0.4, 0.5) is 0 Å². The molecular weight excluding hydrogens is 132 g/mol. The van der Waals surface area contributed by atoms with Crippen molar-refractivity contribution in [3.8, 4) is 0 Å². The van der Waals surface area contributed by atoms with Crippen molar-refractivity contribution in [3.05, 3.63) is 11.6 Å². The van der Waals surface area contributed by atoms with E-state index in [4.69, 9.17) is 11.6 Å². The van der Waals surface area contributed by atoms with Gasteiger partial charge >= 0.3 is 0 Å². The molecule has 0 bridgehead atoms. The van der Waals surface area contributed by atoms with Crippen molar-refractivity contribution in [2.24, 2.45) is 0 Å². The molecule has 0 atom stereocenters. The zero-order valence-corrected chi connectivity index (χ0v) is 7.04. The average Bonchev–Trinajstić information content (AvgIpc) is 1.89. The minimum Gasteiger partial charge on any atom is -0.127 e. The summed E-state index contributed by atoms with van der Waals surface area (Å²) in [4.78, 5) is 0. The van der Waals surface area contributed by atoms with Crippen LogP contribution in [-0.2, 0) is 0 Å². The van der Waals surface area contributed by atoms with Crippen molar-refractivity contribution in [3.63, 3.8) is 0 Å². The summed E-state index contributed by atoms with van der Waals surface area (Å²) in [5, 5.41) is 0. The number of hydrogen-bond acceptors (Lipinski definition) is 0. The third kappa shape index (κ3) is 5.91. The highest BCUT2D eigenvalue weighted by atomic mass is 35.5. The normalized spacial score (nSPS) is 12.1. The third-order valence-electron chi connectivity index (χ3n) is 1.39. The fraction of sp³-hybridized carbons (Fsp3) is 0.750. The van der Waals surface area contributed by atoms with Gasteiger partial charge in [0.1, 0.15) is 0 Å². The summed E-state index contributed by atoms with van der Waals surface area (Å²) in [6.45, 7) is 4.33. The van der Waals surface area contributed by atoms with Gasteiger partial charge in [-0.25, -0.2) is 0 Å². The first-order valence-corrected chi connectivity index (χ1v) is 4.06. The van der Waals surface area contributed by atoms with Crippen molar-refractivity contribution in [2.45, 2.75) is 33.1 Å². The molecule has 0 heterocycles. The van der Waals surface area contributed by atoms with Gasteiger partial charge in [0, 0.05) is 5.88 Å². The molecule has 0 unspecified atom stereocenters. The van der Waals surface area contributed by atoms with Gasteiger partial charge in [-0.15, -0.1) is 11.6 Å². The van der Waals surface area contributed by atoms with Crippen LogP contribution in [0, 0.1) is 0 Å². The van der Waals surface area contributed by atoms with E-state index < -0.39 is 0 Å². The van der Waals surface area contributed by atoms with E-state index >= 15 is 0 Å². The molecule has 0 aliphatic rings. The van der Waals surface area contributed by atoms with E-state index in [1.165, 1.54) is 12.0 Å². The topological polar surface area (TPSA) is 0 Å². The summed E-state index contributed by atoms with van der Waals surface area (Å²) >= 11 is 5.50. The van der Waals surface area contributed by atoms with Crippen LogP contribution in [0.3, 0.4) is 0 Å². The standard InChI is InChI=1S/C8H15Cl/c1-3-8(2)6-4-5-7-9/h6H,3-5,7H2,1-2H3/b8-6+. The minimum absolute atomic E-state index is 0.785. The van der Waals surface area contributed by atoms with Crippen molar-refractivity contribution in [1.29, 1.82) is 0 Å². The lowest BCUT2D eigenvalue weighted by molar-refractivity contribution is 0.940. The maximum absolute atomic E-state index is 5.50. The Morgan fingerprint density at radius 2 is 2.22 bits per heavy atom. The van der Waals surface area contributed by atoms with E-state index in [1.54, 1.807) is 0 Å². The summed E-state index contributed by atoms with van der Waals surface area (Å²) in [6, 6.07) is 0. The zero-order chi connectivity index (χ0) is 7.11. The largest absolute Gasteiger partial charge is 0.127 e. The van der Waals surface area contributed by atoms with Gasteiger partial charge in [0.15, 0.2) is 0 Å². The number of allylic oxidation sites excluding steroid dienone is 2. The monoisotopic (exact) mass is 146 g/mol. The van der Waals surface area contributed by atoms with Crippen molar-refractivity contribution in [1.82, 2.24) is 0 Å². The van der Waals surface area contributed by atoms with Crippen molar-refractivity contribution < 1.29 is 0 Å². The number of rotatable bonds is 4. The van der Waals surface area contributed by atoms with E-state index in [-0.39, 0.29) is 0 Å². The Kier molecular flexibility index (Phi) is 6.18. The third-order valence-corrected chi connectivity index (χ3v) is 1.66. The quantitative estimate of drug-likeness (QED) is 0.324. The predicted octanol–water partition coefficient (Wildman–Crippen LogP) is 3.36. The van der Waals surface area contributed by atoms with Crippen LogP contribution >= 0.6 is 11.6 Å². The first-order valence-electron chi connectivity index (χ1n) is 3.52. The van der Waals surface area contributed by atoms with Crippen LogP contribution in [0.15, 0.2) is 11.6 Å². The SMILES string of the molecule is CC/C(C)=C/CCCCl. The van der Waals surface area contributed by atoms with Crippen LogP contribution in [0.25, 0.3) is 0 Å². The number of hydrogen-bond donors (Lipinski definition) is 0. The van der Waals surface area contributed by atoms with Crippen molar-refractivity contribution in [2.75, 3.05) is 5.88 Å². The van der Waals surface area contributed by atoms with E-state index in [0.717, 1.165) is 18.7 Å². The molecule has 0 aromatic heterocycles. The number of halogens is 1. The Balaban J connectivity index is 3.21. The van der Waals surface area contributed by atoms with Gasteiger partial charge in [0.2, 0.25) is 0 Å². The fourth-order valence-electron chi connectivity index (χ4n) is 0.570. The molecule has 0 amide bonds. The Labute approximate surface area is 62.9 Å². The van der Waals surface area contributed by atoms with Crippen LogP contribution < -0.4 is 0 Å². The molecule has 0 saturated carbocycles. The molecule has 54 valence electrons. The molecular formula is C8H15Cl. The highest BCUT2D eigenvalue weighted by molar-refractivity contribution is 6.17. The summed E-state index contributed by atoms with van der Waals surface area (Å²) in [6.07, 6.45) is 5.69. The number of unbranched alkanes of at least 4 members (excludes halogenated alkanes) is 1. The highest BCUT2D eigenvalue weighted by Gasteiger charge is 1.83. The van der Waals surface area contributed by atoms with E-state index in [2.05, 4.69) is 19.9 Å². The van der Waals surface area contributed by atoms with Gasteiger partial charge in [-0.3, -0.25) is 0 Å². The second-order valence-corrected chi connectivity index (χ2v) is 2.61. The molecule has 0 aromatic rings. The van der Waals surface area contributed by atoms with Gasteiger partial charge in [-0.05, 0) is 26.2 Å². The smallest absolute Gasteiger partial charge is 0.0226 e. The lowest BCUT2D eigenvalue weighted by Crippen LogP contribution is -1.74. The molecule has 9 heavy (non-hydrogen) atoms. The summed E-state index contributed by atoms with van der Waals surface area (Å²) in [5.41, 5.74) is 1.47. The maximum atomic E-state index is 5.50. The second kappa shape index (κ2) is 6.15. The van der Waals surface area contributed by atoms with Gasteiger partial charge in [0.25, 0.3) is 0 Å². The van der Waals surface area contributed by atoms with E-state index in [9.17, 15) is 0 Å². The first kappa shape index (κ1) is 9.03. The molecule has 0 radical (unpaired) electrons. The van der Waals surface area contributed by atoms with Gasteiger partial charge in [-0.1, -0.05) is 18.6 Å². The Bertz CT molecular complexity index is 84.6. The fourth-order valence-corrected chi connectivity index (χ4v) is 0.724. The minimum atomic E-state index is 0.785. The molecule has 0 aliphatic carbocycles. The summed E-state index contributed by atoms with van der Waals surface area (Å²) in [7, 11) is 0. The molecule has 0 aliphatic heterocycles. The van der Waals surface area contributed by atoms with Crippen molar-refractivity contribution >= 4 is 11.6 Å². The average molecular weight is 147 g/mol. The highest BCUT2D eigenvalue weighted by Crippen LogP contribution is 2.02. The Morgan fingerprint density at radius 3 is 2.67 bits per heavy atom. The molecule has 0 aromatic carbocycles. The Morgan fingerprint density at radius 1 is 1.56 bits per heavy atom. The lowest BCUT2D eigenvalue weighted by Gasteiger charge is -1.92. The molecule has 0 spiro atoms. The predicted molar refractivity (Wildman–Crippen MR) is 44.0 cm³/mol. The van der Waals surface area contributed by atoms with Gasteiger partial charge < -0.3 is 0 Å². The van der Waals surface area contributed by atoms with Crippen LogP contribution in [0.5, 0.6) is 0 Å². The van der Waals surface area contributed by atoms with Crippen LogP contribution in [-0.4, -0.2) is 5.88 Å². The van der Waals surface area contributed by atoms with Crippen LogP contribution in [0.1, 0.15) is 33.1 Å². The van der Waals surface area contributed by atoms with E-state index in [1.807, 2.05) is 0 Å². The maximum Gasteiger partial charge on any atom is 0.0226 e. The summed E-state index contributed by atoms with van der Waals surface area (Å²) in [5.74, 6) is 0.785. The first-order chi connectivity index (χ1) is 4.31. The zero-order valence-electron chi connectivity index (χ0n) is 6.28. The van der Waals surface area contributed by atoms with Crippen LogP contribution in [0.2, 0.25) is 0 Å². The summed E-state index contributed by atoms with van der Waals surface area (Å²) < 4.78 is 0. The van der Waals surface area contributed by atoms with Gasteiger partial charge in [-0.2, -0.15) is 0 Å². The molecule has 1 heteroatoms. The molecule has 0 rings (SSSR count). The Hall–Kier alpha value is 0.0300. The second-order valence-electron chi connectivity index (χ2n) is 2.24. The molecule has 0 saturated heterocycles. The molecule has 0 nitrogen and oxygen atoms in total.